The number of ketones is 1. The third kappa shape index (κ3) is 2.28. The van der Waals surface area contributed by atoms with Crippen molar-refractivity contribution in [3.05, 3.63) is 32.6 Å². The predicted octanol–water partition coefficient (Wildman–Crippen LogP) is 0.223. The summed E-state index contributed by atoms with van der Waals surface area (Å²) < 4.78 is 1.15. The second kappa shape index (κ2) is 4.77. The van der Waals surface area contributed by atoms with Gasteiger partial charge < -0.3 is 9.88 Å². The molecular weight excluding hydrogens is 246 g/mol. The molecule has 2 rings (SSSR count). The molecule has 1 aromatic rings. The number of aromatic amines is 1. The van der Waals surface area contributed by atoms with Gasteiger partial charge in [0.05, 0.1) is 5.56 Å². The second-order valence-corrected chi connectivity index (χ2v) is 5.43. The number of likely N-dealkylation sites (N-methyl/N-ethyl adjacent to an activating group) is 1. The minimum absolute atomic E-state index is 0.0350. The summed E-state index contributed by atoms with van der Waals surface area (Å²) in [5, 5.41) is 0. The number of nitrogens with one attached hydrogen (secondary N) is 1. The SMILES string of the molecule is CC(=O)c1c[nH]c(=O)n(CC2(N(C)C)CCC2)c1=O. The van der Waals surface area contributed by atoms with Gasteiger partial charge in [0.1, 0.15) is 0 Å². The van der Waals surface area contributed by atoms with Gasteiger partial charge in [0.15, 0.2) is 5.78 Å². The number of hydrogen-bond acceptors (Lipinski definition) is 4. The van der Waals surface area contributed by atoms with Crippen LogP contribution in [0.4, 0.5) is 0 Å². The average Bonchev–Trinajstić information content (AvgIpc) is 2.25. The Kier molecular flexibility index (Phi) is 3.45. The Bertz CT molecular complexity index is 608. The Morgan fingerprint density at radius 2 is 2.05 bits per heavy atom. The average molecular weight is 265 g/mol. The first kappa shape index (κ1) is 13.7. The molecule has 0 spiro atoms. The predicted molar refractivity (Wildman–Crippen MR) is 71.6 cm³/mol. The number of hydrogen-bond donors (Lipinski definition) is 1. The van der Waals surface area contributed by atoms with Crippen LogP contribution in [-0.4, -0.2) is 39.9 Å². The zero-order valence-electron chi connectivity index (χ0n) is 11.5. The van der Waals surface area contributed by atoms with Gasteiger partial charge in [-0.05, 0) is 40.3 Å². The molecule has 0 aromatic carbocycles. The summed E-state index contributed by atoms with van der Waals surface area (Å²) in [6.07, 6.45) is 4.20. The van der Waals surface area contributed by atoms with Crippen LogP contribution >= 0.6 is 0 Å². The van der Waals surface area contributed by atoms with E-state index in [0.29, 0.717) is 6.54 Å². The topological polar surface area (TPSA) is 75.2 Å². The fourth-order valence-electron chi connectivity index (χ4n) is 2.53. The maximum Gasteiger partial charge on any atom is 0.328 e. The van der Waals surface area contributed by atoms with Gasteiger partial charge in [-0.3, -0.25) is 14.2 Å². The summed E-state index contributed by atoms with van der Waals surface area (Å²) in [4.78, 5) is 39.9. The number of Topliss-reactive ketones (excluding diaryl/α,β-unsaturated/α-hetero) is 1. The Morgan fingerprint density at radius 3 is 2.47 bits per heavy atom. The molecule has 19 heavy (non-hydrogen) atoms. The molecule has 0 atom stereocenters. The summed E-state index contributed by atoms with van der Waals surface area (Å²) in [7, 11) is 3.90. The van der Waals surface area contributed by atoms with Crippen molar-refractivity contribution in [2.45, 2.75) is 38.3 Å². The van der Waals surface area contributed by atoms with Crippen molar-refractivity contribution in [1.29, 1.82) is 0 Å². The van der Waals surface area contributed by atoms with Crippen LogP contribution in [0.15, 0.2) is 15.8 Å². The smallest absolute Gasteiger partial charge is 0.313 e. The Balaban J connectivity index is 2.46. The zero-order valence-corrected chi connectivity index (χ0v) is 11.5. The summed E-state index contributed by atoms with van der Waals surface area (Å²) in [6, 6.07) is 0. The van der Waals surface area contributed by atoms with E-state index in [4.69, 9.17) is 0 Å². The van der Waals surface area contributed by atoms with Crippen molar-refractivity contribution in [2.24, 2.45) is 0 Å². The van der Waals surface area contributed by atoms with Crippen molar-refractivity contribution >= 4 is 5.78 Å². The first-order valence-electron chi connectivity index (χ1n) is 6.38. The summed E-state index contributed by atoms with van der Waals surface area (Å²) in [6.45, 7) is 1.65. The molecule has 1 aromatic heterocycles. The van der Waals surface area contributed by atoms with Crippen molar-refractivity contribution in [3.8, 4) is 0 Å². The monoisotopic (exact) mass is 265 g/mol. The van der Waals surface area contributed by atoms with E-state index in [1.807, 2.05) is 14.1 Å². The number of nitrogens with zero attached hydrogens (tertiary/aromatic N) is 2. The molecule has 104 valence electrons. The molecule has 1 fully saturated rings. The van der Waals surface area contributed by atoms with E-state index in [0.717, 1.165) is 23.8 Å². The van der Waals surface area contributed by atoms with Crippen LogP contribution in [0.5, 0.6) is 0 Å². The van der Waals surface area contributed by atoms with E-state index >= 15 is 0 Å². The van der Waals surface area contributed by atoms with Crippen LogP contribution in [0.1, 0.15) is 36.5 Å². The van der Waals surface area contributed by atoms with Gasteiger partial charge in [0.25, 0.3) is 5.56 Å². The van der Waals surface area contributed by atoms with Crippen LogP contribution in [0.2, 0.25) is 0 Å². The lowest BCUT2D eigenvalue weighted by Crippen LogP contribution is -2.56. The maximum atomic E-state index is 12.2. The molecule has 0 radical (unpaired) electrons. The molecule has 6 heteroatoms. The molecule has 1 saturated carbocycles. The van der Waals surface area contributed by atoms with E-state index in [9.17, 15) is 14.4 Å². The van der Waals surface area contributed by atoms with E-state index in [2.05, 4.69) is 9.88 Å². The van der Waals surface area contributed by atoms with Gasteiger partial charge in [-0.25, -0.2) is 4.79 Å². The lowest BCUT2D eigenvalue weighted by Gasteiger charge is -2.47. The fraction of sp³-hybridized carbons (Fsp3) is 0.615. The molecule has 1 aliphatic rings. The third-order valence-corrected chi connectivity index (χ3v) is 4.13. The highest BCUT2D eigenvalue weighted by Crippen LogP contribution is 2.36. The van der Waals surface area contributed by atoms with E-state index in [-0.39, 0.29) is 16.9 Å². The largest absolute Gasteiger partial charge is 0.328 e. The van der Waals surface area contributed by atoms with Crippen molar-refractivity contribution in [3.63, 3.8) is 0 Å². The quantitative estimate of drug-likeness (QED) is 0.790. The highest BCUT2D eigenvalue weighted by atomic mass is 16.2. The summed E-state index contributed by atoms with van der Waals surface area (Å²) in [5.41, 5.74) is -1.06. The van der Waals surface area contributed by atoms with Crippen LogP contribution in [-0.2, 0) is 6.54 Å². The van der Waals surface area contributed by atoms with Crippen molar-refractivity contribution in [1.82, 2.24) is 14.5 Å². The fourth-order valence-corrected chi connectivity index (χ4v) is 2.53. The van der Waals surface area contributed by atoms with Gasteiger partial charge in [-0.2, -0.15) is 0 Å². The molecule has 0 bridgehead atoms. The summed E-state index contributed by atoms with van der Waals surface area (Å²) >= 11 is 0. The van der Waals surface area contributed by atoms with E-state index < -0.39 is 11.2 Å². The second-order valence-electron chi connectivity index (χ2n) is 5.43. The standard InChI is InChI=1S/C13H19N3O3/c1-9(17)10-7-14-12(19)16(11(10)18)8-13(15(2)3)5-4-6-13/h7H,4-6,8H2,1-3H3,(H,14,19). The number of carbonyl (C=O) groups excluding carboxylic acids is 1. The Morgan fingerprint density at radius 1 is 1.42 bits per heavy atom. The number of carbonyl (C=O) groups is 1. The van der Waals surface area contributed by atoms with Gasteiger partial charge in [0, 0.05) is 18.3 Å². The Labute approximate surface area is 111 Å². The molecule has 0 aliphatic heterocycles. The molecule has 0 amide bonds. The highest BCUT2D eigenvalue weighted by Gasteiger charge is 2.40. The van der Waals surface area contributed by atoms with Gasteiger partial charge in [-0.15, -0.1) is 0 Å². The minimum Gasteiger partial charge on any atom is -0.313 e. The lowest BCUT2D eigenvalue weighted by atomic mass is 9.75. The highest BCUT2D eigenvalue weighted by molar-refractivity contribution is 5.93. The molecule has 0 saturated heterocycles. The normalized spacial score (nSPS) is 17.3. The number of H-pyrrole nitrogens is 1. The maximum absolute atomic E-state index is 12.2. The van der Waals surface area contributed by atoms with Crippen molar-refractivity contribution in [2.75, 3.05) is 14.1 Å². The van der Waals surface area contributed by atoms with E-state index in [1.54, 1.807) is 0 Å². The molecule has 6 nitrogen and oxygen atoms in total. The number of aromatic nitrogens is 2. The zero-order chi connectivity index (χ0) is 14.2. The Hall–Kier alpha value is -1.69. The van der Waals surface area contributed by atoms with Gasteiger partial charge >= 0.3 is 5.69 Å². The third-order valence-electron chi connectivity index (χ3n) is 4.13. The van der Waals surface area contributed by atoms with Crippen LogP contribution in [0, 0.1) is 0 Å². The first-order chi connectivity index (χ1) is 8.87. The molecular formula is C13H19N3O3. The first-order valence-corrected chi connectivity index (χ1v) is 6.38. The molecule has 0 unspecified atom stereocenters. The molecule has 1 N–H and O–H groups in total. The molecule has 1 heterocycles. The summed E-state index contributed by atoms with van der Waals surface area (Å²) in [5.74, 6) is -0.331. The lowest BCUT2D eigenvalue weighted by molar-refractivity contribution is 0.0400. The van der Waals surface area contributed by atoms with Gasteiger partial charge in [0.2, 0.25) is 0 Å². The van der Waals surface area contributed by atoms with Crippen LogP contribution in [0.3, 0.4) is 0 Å². The van der Waals surface area contributed by atoms with Crippen LogP contribution in [0.25, 0.3) is 0 Å². The molecule has 1 aliphatic carbocycles. The van der Waals surface area contributed by atoms with Gasteiger partial charge in [-0.1, -0.05) is 0 Å². The van der Waals surface area contributed by atoms with Crippen LogP contribution < -0.4 is 11.2 Å². The van der Waals surface area contributed by atoms with E-state index in [1.165, 1.54) is 13.1 Å². The number of rotatable bonds is 4. The van der Waals surface area contributed by atoms with Crippen molar-refractivity contribution < 1.29 is 4.79 Å². The minimum atomic E-state index is -0.496.